The molecule has 6 heteroatoms. The minimum atomic E-state index is -0.00507. The van der Waals surface area contributed by atoms with Gasteiger partial charge in [-0.25, -0.2) is 4.68 Å². The van der Waals surface area contributed by atoms with Gasteiger partial charge in [-0.2, -0.15) is 0 Å². The van der Waals surface area contributed by atoms with Gasteiger partial charge in [0.15, 0.2) is 6.61 Å². The van der Waals surface area contributed by atoms with E-state index in [1.807, 2.05) is 42.6 Å². The van der Waals surface area contributed by atoms with Crippen molar-refractivity contribution in [2.45, 2.75) is 6.04 Å². The van der Waals surface area contributed by atoms with E-state index in [2.05, 4.69) is 16.4 Å². The van der Waals surface area contributed by atoms with Crippen molar-refractivity contribution in [2.24, 2.45) is 0 Å². The first-order chi connectivity index (χ1) is 11.3. The molecule has 0 N–H and O–H groups in total. The zero-order chi connectivity index (χ0) is 15.6. The highest BCUT2D eigenvalue weighted by atomic mass is 16.5. The third-order valence-corrected chi connectivity index (χ3v) is 4.11. The maximum Gasteiger partial charge on any atom is 0.260 e. The predicted molar refractivity (Wildman–Crippen MR) is 85.1 cm³/mol. The van der Waals surface area contributed by atoms with Crippen LogP contribution in [-0.4, -0.2) is 45.5 Å². The van der Waals surface area contributed by atoms with Crippen LogP contribution in [0.25, 0.3) is 10.8 Å². The molecule has 1 fully saturated rings. The minimum Gasteiger partial charge on any atom is -0.484 e. The summed E-state index contributed by atoms with van der Waals surface area (Å²) in [6.45, 7) is 1.37. The van der Waals surface area contributed by atoms with Crippen LogP contribution in [0.15, 0.2) is 54.9 Å². The third-order valence-electron chi connectivity index (χ3n) is 4.11. The standard InChI is InChI=1S/C17H16N4O2/c22-17(20-10-15(11-20)21-8-7-18-19-21)12-23-16-6-5-13-3-1-2-4-14(13)9-16/h1-9,15H,10-12H2. The second-order valence-corrected chi connectivity index (χ2v) is 5.63. The van der Waals surface area contributed by atoms with E-state index in [9.17, 15) is 4.79 Å². The summed E-state index contributed by atoms with van der Waals surface area (Å²) in [5.74, 6) is 0.708. The predicted octanol–water partition coefficient (Wildman–Crippen LogP) is 1.89. The average Bonchev–Trinajstić information content (AvgIpc) is 3.05. The van der Waals surface area contributed by atoms with Crippen LogP contribution < -0.4 is 4.74 Å². The first kappa shape index (κ1) is 13.8. The number of likely N-dealkylation sites (tertiary alicyclic amines) is 1. The van der Waals surface area contributed by atoms with Crippen LogP contribution in [0.5, 0.6) is 5.75 Å². The first-order valence-corrected chi connectivity index (χ1v) is 7.55. The topological polar surface area (TPSA) is 60.2 Å². The summed E-state index contributed by atoms with van der Waals surface area (Å²) < 4.78 is 7.42. The Labute approximate surface area is 133 Å². The lowest BCUT2D eigenvalue weighted by molar-refractivity contribution is -0.139. The van der Waals surface area contributed by atoms with E-state index in [1.54, 1.807) is 15.8 Å². The van der Waals surface area contributed by atoms with Crippen LogP contribution in [0.3, 0.4) is 0 Å². The summed E-state index contributed by atoms with van der Waals surface area (Å²) >= 11 is 0. The lowest BCUT2D eigenvalue weighted by Gasteiger charge is -2.38. The molecule has 1 amide bonds. The number of ether oxygens (including phenoxy) is 1. The van der Waals surface area contributed by atoms with E-state index in [-0.39, 0.29) is 18.6 Å². The number of rotatable bonds is 4. The Balaban J connectivity index is 1.33. The van der Waals surface area contributed by atoms with Gasteiger partial charge in [0.2, 0.25) is 0 Å². The summed E-state index contributed by atoms with van der Waals surface area (Å²) in [6, 6.07) is 14.1. The van der Waals surface area contributed by atoms with E-state index in [4.69, 9.17) is 4.74 Å². The maximum atomic E-state index is 12.1. The Morgan fingerprint density at radius 1 is 1.17 bits per heavy atom. The van der Waals surface area contributed by atoms with Crippen molar-refractivity contribution in [1.29, 1.82) is 0 Å². The zero-order valence-electron chi connectivity index (χ0n) is 12.5. The molecule has 0 atom stereocenters. The summed E-state index contributed by atoms with van der Waals surface area (Å²) in [7, 11) is 0. The molecule has 2 heterocycles. The number of carbonyl (C=O) groups is 1. The van der Waals surface area contributed by atoms with Crippen molar-refractivity contribution in [1.82, 2.24) is 19.9 Å². The number of benzene rings is 2. The minimum absolute atomic E-state index is 0.00507. The number of amides is 1. The van der Waals surface area contributed by atoms with Crippen LogP contribution in [-0.2, 0) is 4.79 Å². The molecule has 116 valence electrons. The first-order valence-electron chi connectivity index (χ1n) is 7.55. The number of carbonyl (C=O) groups excluding carboxylic acids is 1. The van der Waals surface area contributed by atoms with Crippen molar-refractivity contribution >= 4 is 16.7 Å². The second kappa shape index (κ2) is 5.72. The normalized spacial score (nSPS) is 14.7. The van der Waals surface area contributed by atoms with Crippen LogP contribution in [0, 0.1) is 0 Å². The van der Waals surface area contributed by atoms with Gasteiger partial charge in [-0.1, -0.05) is 35.5 Å². The zero-order valence-corrected chi connectivity index (χ0v) is 12.5. The van der Waals surface area contributed by atoms with Crippen molar-refractivity contribution in [3.05, 3.63) is 54.9 Å². The van der Waals surface area contributed by atoms with Crippen molar-refractivity contribution in [3.8, 4) is 5.75 Å². The molecule has 0 bridgehead atoms. The molecule has 1 aliphatic heterocycles. The number of nitrogens with zero attached hydrogens (tertiary/aromatic N) is 4. The fourth-order valence-electron chi connectivity index (χ4n) is 2.73. The van der Waals surface area contributed by atoms with E-state index in [1.165, 1.54) is 0 Å². The van der Waals surface area contributed by atoms with E-state index >= 15 is 0 Å². The molecule has 1 aliphatic rings. The van der Waals surface area contributed by atoms with Crippen LogP contribution >= 0.6 is 0 Å². The third kappa shape index (κ3) is 2.75. The lowest BCUT2D eigenvalue weighted by atomic mass is 10.1. The molecule has 1 saturated heterocycles. The van der Waals surface area contributed by atoms with Gasteiger partial charge in [0.05, 0.1) is 12.2 Å². The summed E-state index contributed by atoms with van der Waals surface area (Å²) in [4.78, 5) is 13.9. The Morgan fingerprint density at radius 3 is 2.78 bits per heavy atom. The quantitative estimate of drug-likeness (QED) is 0.738. The Kier molecular flexibility index (Phi) is 3.42. The van der Waals surface area contributed by atoms with Crippen LogP contribution in [0.2, 0.25) is 0 Å². The van der Waals surface area contributed by atoms with E-state index in [0.29, 0.717) is 18.8 Å². The Morgan fingerprint density at radius 2 is 2.00 bits per heavy atom. The SMILES string of the molecule is O=C(COc1ccc2ccccc2c1)N1CC(n2ccnn2)C1. The molecule has 0 unspecified atom stereocenters. The number of fused-ring (bicyclic) bond motifs is 1. The molecule has 4 rings (SSSR count). The summed E-state index contributed by atoms with van der Waals surface area (Å²) in [5, 5.41) is 9.99. The second-order valence-electron chi connectivity index (χ2n) is 5.63. The molecular weight excluding hydrogens is 292 g/mol. The largest absolute Gasteiger partial charge is 0.484 e. The van der Waals surface area contributed by atoms with Gasteiger partial charge >= 0.3 is 0 Å². The highest BCUT2D eigenvalue weighted by molar-refractivity contribution is 5.84. The van der Waals surface area contributed by atoms with Crippen molar-refractivity contribution < 1.29 is 9.53 Å². The average molecular weight is 308 g/mol. The highest BCUT2D eigenvalue weighted by Crippen LogP contribution is 2.22. The Hall–Kier alpha value is -2.89. The van der Waals surface area contributed by atoms with Gasteiger partial charge in [0.1, 0.15) is 5.75 Å². The Bertz CT molecular complexity index is 825. The fraction of sp³-hybridized carbons (Fsp3) is 0.235. The summed E-state index contributed by atoms with van der Waals surface area (Å²) in [6.07, 6.45) is 3.46. The van der Waals surface area contributed by atoms with Gasteiger partial charge in [0.25, 0.3) is 5.91 Å². The molecule has 0 radical (unpaired) electrons. The molecule has 0 aliphatic carbocycles. The molecule has 2 aromatic carbocycles. The number of hydrogen-bond donors (Lipinski definition) is 0. The van der Waals surface area contributed by atoms with Gasteiger partial charge < -0.3 is 9.64 Å². The number of hydrogen-bond acceptors (Lipinski definition) is 4. The van der Waals surface area contributed by atoms with Gasteiger partial charge in [-0.15, -0.1) is 5.10 Å². The van der Waals surface area contributed by atoms with Gasteiger partial charge in [-0.05, 0) is 22.9 Å². The molecule has 6 nitrogen and oxygen atoms in total. The molecule has 3 aromatic rings. The smallest absolute Gasteiger partial charge is 0.260 e. The molecule has 1 aromatic heterocycles. The number of aromatic nitrogens is 3. The highest BCUT2D eigenvalue weighted by Gasteiger charge is 2.32. The van der Waals surface area contributed by atoms with E-state index in [0.717, 1.165) is 10.8 Å². The molecular formula is C17H16N4O2. The molecule has 0 spiro atoms. The van der Waals surface area contributed by atoms with Crippen molar-refractivity contribution in [3.63, 3.8) is 0 Å². The van der Waals surface area contributed by atoms with Crippen LogP contribution in [0.4, 0.5) is 0 Å². The van der Waals surface area contributed by atoms with E-state index < -0.39 is 0 Å². The van der Waals surface area contributed by atoms with Crippen LogP contribution in [0.1, 0.15) is 6.04 Å². The van der Waals surface area contributed by atoms with Gasteiger partial charge in [0, 0.05) is 19.3 Å². The fourth-order valence-corrected chi connectivity index (χ4v) is 2.73. The maximum absolute atomic E-state index is 12.1. The monoisotopic (exact) mass is 308 g/mol. The molecule has 23 heavy (non-hydrogen) atoms. The summed E-state index contributed by atoms with van der Waals surface area (Å²) in [5.41, 5.74) is 0. The molecule has 0 saturated carbocycles. The lowest BCUT2D eigenvalue weighted by Crippen LogP contribution is -2.52. The van der Waals surface area contributed by atoms with Gasteiger partial charge in [-0.3, -0.25) is 4.79 Å². The van der Waals surface area contributed by atoms with Crippen molar-refractivity contribution in [2.75, 3.05) is 19.7 Å².